The molecule has 1 saturated heterocycles. The molecule has 0 aromatic heterocycles. The van der Waals surface area contributed by atoms with Gasteiger partial charge in [-0.3, -0.25) is 10.1 Å². The minimum atomic E-state index is -0.981. The summed E-state index contributed by atoms with van der Waals surface area (Å²) in [7, 11) is 1.32. The van der Waals surface area contributed by atoms with Crippen LogP contribution in [0.15, 0.2) is 24.3 Å². The number of benzene rings is 1. The maximum absolute atomic E-state index is 11.9. The molecule has 19 heavy (non-hydrogen) atoms. The molecule has 1 fully saturated rings. The summed E-state index contributed by atoms with van der Waals surface area (Å²) < 4.78 is 4.78. The lowest BCUT2D eigenvalue weighted by Gasteiger charge is -2.25. The van der Waals surface area contributed by atoms with Crippen molar-refractivity contribution in [3.05, 3.63) is 34.9 Å². The van der Waals surface area contributed by atoms with Crippen LogP contribution in [0, 0.1) is 0 Å². The monoisotopic (exact) mass is 282 g/mol. The molecule has 0 spiro atoms. The number of hydrogen-bond acceptors (Lipinski definition) is 4. The number of hydrogen-bond donors (Lipinski definition) is 2. The van der Waals surface area contributed by atoms with E-state index in [9.17, 15) is 9.59 Å². The van der Waals surface area contributed by atoms with Crippen LogP contribution in [0.3, 0.4) is 0 Å². The smallest absolute Gasteiger partial charge is 0.328 e. The molecule has 102 valence electrons. The van der Waals surface area contributed by atoms with Crippen molar-refractivity contribution >= 4 is 23.5 Å². The number of carbonyl (C=O) groups is 2. The Balaban J connectivity index is 2.07. The van der Waals surface area contributed by atoms with Gasteiger partial charge in [0.25, 0.3) is 0 Å². The van der Waals surface area contributed by atoms with E-state index in [2.05, 4.69) is 10.6 Å². The number of ether oxygens (including phenoxy) is 1. The lowest BCUT2D eigenvalue weighted by atomic mass is 9.98. The molecule has 1 heterocycles. The summed E-state index contributed by atoms with van der Waals surface area (Å²) in [4.78, 5) is 23.2. The van der Waals surface area contributed by atoms with Crippen molar-refractivity contribution in [1.82, 2.24) is 10.6 Å². The van der Waals surface area contributed by atoms with Gasteiger partial charge in [0.1, 0.15) is 5.54 Å². The standard InChI is InChI=1S/C13H15ClN2O3/c1-19-12(18)13(6-11(17)15-8-13)16-7-9-2-4-10(14)5-3-9/h2-5,16H,6-8H2,1H3,(H,15,17). The number of methoxy groups -OCH3 is 1. The highest BCUT2D eigenvalue weighted by atomic mass is 35.5. The predicted octanol–water partition coefficient (Wildman–Crippen LogP) is 0.861. The summed E-state index contributed by atoms with van der Waals surface area (Å²) in [6, 6.07) is 7.29. The van der Waals surface area contributed by atoms with Gasteiger partial charge >= 0.3 is 5.97 Å². The van der Waals surface area contributed by atoms with Crippen LogP contribution in [-0.2, 0) is 20.9 Å². The predicted molar refractivity (Wildman–Crippen MR) is 70.7 cm³/mol. The van der Waals surface area contributed by atoms with Crippen molar-refractivity contribution in [2.75, 3.05) is 13.7 Å². The molecule has 1 unspecified atom stereocenters. The molecule has 6 heteroatoms. The van der Waals surface area contributed by atoms with E-state index in [-0.39, 0.29) is 18.9 Å². The Kier molecular flexibility index (Phi) is 4.07. The minimum Gasteiger partial charge on any atom is -0.468 e. The van der Waals surface area contributed by atoms with Crippen LogP contribution in [0.1, 0.15) is 12.0 Å². The van der Waals surface area contributed by atoms with Gasteiger partial charge in [-0.05, 0) is 17.7 Å². The Morgan fingerprint density at radius 1 is 1.47 bits per heavy atom. The number of halogens is 1. The van der Waals surface area contributed by atoms with Crippen molar-refractivity contribution in [2.24, 2.45) is 0 Å². The molecule has 0 saturated carbocycles. The Morgan fingerprint density at radius 2 is 2.16 bits per heavy atom. The molecule has 5 nitrogen and oxygen atoms in total. The van der Waals surface area contributed by atoms with Crippen LogP contribution in [-0.4, -0.2) is 31.1 Å². The molecule has 1 amide bonds. The molecule has 1 aromatic carbocycles. The van der Waals surface area contributed by atoms with Crippen molar-refractivity contribution in [2.45, 2.75) is 18.5 Å². The SMILES string of the molecule is COC(=O)C1(NCc2ccc(Cl)cc2)CNC(=O)C1. The largest absolute Gasteiger partial charge is 0.468 e. The average molecular weight is 283 g/mol. The zero-order chi connectivity index (χ0) is 13.9. The molecule has 2 rings (SSSR count). The first-order chi connectivity index (χ1) is 9.05. The van der Waals surface area contributed by atoms with Gasteiger partial charge in [0.2, 0.25) is 5.91 Å². The molecule has 0 bridgehead atoms. The van der Waals surface area contributed by atoms with Gasteiger partial charge in [0.15, 0.2) is 0 Å². The maximum atomic E-state index is 11.9. The van der Waals surface area contributed by atoms with E-state index in [0.717, 1.165) is 5.56 Å². The number of amides is 1. The second-order valence-electron chi connectivity index (χ2n) is 4.51. The number of carbonyl (C=O) groups excluding carboxylic acids is 2. The zero-order valence-corrected chi connectivity index (χ0v) is 11.3. The second kappa shape index (κ2) is 5.59. The number of nitrogens with one attached hydrogen (secondary N) is 2. The molecule has 0 radical (unpaired) electrons. The van der Waals surface area contributed by atoms with Crippen LogP contribution >= 0.6 is 11.6 Å². The first-order valence-electron chi connectivity index (χ1n) is 5.90. The van der Waals surface area contributed by atoms with E-state index in [0.29, 0.717) is 11.6 Å². The fraction of sp³-hybridized carbons (Fsp3) is 0.385. The summed E-state index contributed by atoms with van der Waals surface area (Å²) in [6.45, 7) is 0.702. The molecule has 1 atom stereocenters. The average Bonchev–Trinajstić information content (AvgIpc) is 2.80. The van der Waals surface area contributed by atoms with Crippen LogP contribution in [0.2, 0.25) is 5.02 Å². The van der Waals surface area contributed by atoms with Gasteiger partial charge in [-0.1, -0.05) is 23.7 Å². The van der Waals surface area contributed by atoms with E-state index < -0.39 is 11.5 Å². The highest BCUT2D eigenvalue weighted by Crippen LogP contribution is 2.19. The number of rotatable bonds is 4. The van der Waals surface area contributed by atoms with Crippen LogP contribution in [0.5, 0.6) is 0 Å². The third-order valence-corrected chi connectivity index (χ3v) is 3.42. The minimum absolute atomic E-state index is 0.0905. The Hall–Kier alpha value is -1.59. The van der Waals surface area contributed by atoms with Gasteiger partial charge in [-0.15, -0.1) is 0 Å². The summed E-state index contributed by atoms with van der Waals surface area (Å²) in [5, 5.41) is 6.42. The Bertz CT molecular complexity index is 489. The summed E-state index contributed by atoms with van der Waals surface area (Å²) in [6.07, 6.45) is 0.0905. The summed E-state index contributed by atoms with van der Waals surface area (Å²) in [5.74, 6) is -0.589. The topological polar surface area (TPSA) is 67.4 Å². The van der Waals surface area contributed by atoms with Gasteiger partial charge in [0.05, 0.1) is 13.5 Å². The molecule has 1 aliphatic rings. The van der Waals surface area contributed by atoms with Crippen molar-refractivity contribution in [3.8, 4) is 0 Å². The second-order valence-corrected chi connectivity index (χ2v) is 4.94. The van der Waals surface area contributed by atoms with E-state index in [1.165, 1.54) is 7.11 Å². The maximum Gasteiger partial charge on any atom is 0.328 e. The Labute approximate surface area is 116 Å². The van der Waals surface area contributed by atoms with Crippen LogP contribution in [0.25, 0.3) is 0 Å². The molecule has 1 aromatic rings. The van der Waals surface area contributed by atoms with E-state index >= 15 is 0 Å². The molecular formula is C13H15ClN2O3. The third kappa shape index (κ3) is 3.05. The van der Waals surface area contributed by atoms with E-state index in [4.69, 9.17) is 16.3 Å². The van der Waals surface area contributed by atoms with Crippen molar-refractivity contribution in [3.63, 3.8) is 0 Å². The summed E-state index contributed by atoms with van der Waals surface area (Å²) in [5.41, 5.74) is -0.00196. The first-order valence-corrected chi connectivity index (χ1v) is 6.28. The lowest BCUT2D eigenvalue weighted by Crippen LogP contribution is -2.54. The highest BCUT2D eigenvalue weighted by Gasteiger charge is 2.45. The number of esters is 1. The fourth-order valence-electron chi connectivity index (χ4n) is 2.06. The summed E-state index contributed by atoms with van der Waals surface area (Å²) >= 11 is 5.81. The van der Waals surface area contributed by atoms with E-state index in [1.807, 2.05) is 12.1 Å². The van der Waals surface area contributed by atoms with Crippen LogP contribution in [0.4, 0.5) is 0 Å². The van der Waals surface area contributed by atoms with Crippen molar-refractivity contribution in [1.29, 1.82) is 0 Å². The molecular weight excluding hydrogens is 268 g/mol. The quantitative estimate of drug-likeness (QED) is 0.804. The normalized spacial score (nSPS) is 22.1. The highest BCUT2D eigenvalue weighted by molar-refractivity contribution is 6.30. The molecule has 0 aliphatic carbocycles. The lowest BCUT2D eigenvalue weighted by molar-refractivity contribution is -0.148. The van der Waals surface area contributed by atoms with Gasteiger partial charge in [0, 0.05) is 18.1 Å². The zero-order valence-electron chi connectivity index (χ0n) is 10.5. The molecule has 2 N–H and O–H groups in total. The molecule has 1 aliphatic heterocycles. The van der Waals surface area contributed by atoms with Gasteiger partial charge in [-0.2, -0.15) is 0 Å². The van der Waals surface area contributed by atoms with Crippen LogP contribution < -0.4 is 10.6 Å². The van der Waals surface area contributed by atoms with E-state index in [1.54, 1.807) is 12.1 Å². The first kappa shape index (κ1) is 13.8. The van der Waals surface area contributed by atoms with Gasteiger partial charge < -0.3 is 10.1 Å². The van der Waals surface area contributed by atoms with Gasteiger partial charge in [-0.25, -0.2) is 4.79 Å². The fourth-order valence-corrected chi connectivity index (χ4v) is 2.18. The Morgan fingerprint density at radius 3 is 2.68 bits per heavy atom. The van der Waals surface area contributed by atoms with Crippen molar-refractivity contribution < 1.29 is 14.3 Å². The third-order valence-electron chi connectivity index (χ3n) is 3.17.